The molecule has 1 aromatic heterocycles. The lowest BCUT2D eigenvalue weighted by atomic mass is 10.3. The van der Waals surface area contributed by atoms with E-state index >= 15 is 0 Å². The van der Waals surface area contributed by atoms with Gasteiger partial charge in [-0.05, 0) is 13.8 Å². The Balaban J connectivity index is 2.58. The lowest BCUT2D eigenvalue weighted by molar-refractivity contribution is 0.124. The van der Waals surface area contributed by atoms with Crippen molar-refractivity contribution in [3.63, 3.8) is 0 Å². The highest BCUT2D eigenvalue weighted by Crippen LogP contribution is 2.06. The normalized spacial score (nSPS) is 11.2. The number of anilines is 1. The number of nitrogens with zero attached hydrogens (tertiary/aromatic N) is 3. The Labute approximate surface area is 102 Å². The molecule has 0 aliphatic carbocycles. The van der Waals surface area contributed by atoms with E-state index in [-0.39, 0.29) is 0 Å². The molecule has 0 unspecified atom stereocenters. The minimum atomic E-state index is 0.444. The molecule has 96 valence electrons. The number of rotatable bonds is 7. The molecular formula is C11H21N5O. The molecule has 0 aliphatic heterocycles. The molecule has 0 spiro atoms. The van der Waals surface area contributed by atoms with E-state index in [9.17, 15) is 0 Å². The van der Waals surface area contributed by atoms with Gasteiger partial charge in [0.1, 0.15) is 0 Å². The van der Waals surface area contributed by atoms with Crippen LogP contribution in [0.15, 0.2) is 12.4 Å². The molecule has 0 saturated carbocycles. The Kier molecular flexibility index (Phi) is 5.82. The lowest BCUT2D eigenvalue weighted by Crippen LogP contribution is -2.33. The van der Waals surface area contributed by atoms with E-state index in [1.54, 1.807) is 19.5 Å². The van der Waals surface area contributed by atoms with Gasteiger partial charge >= 0.3 is 0 Å². The summed E-state index contributed by atoms with van der Waals surface area (Å²) in [6, 6.07) is 0.444. The number of hydrogen-bond acceptors (Lipinski definition) is 6. The zero-order chi connectivity index (χ0) is 12.7. The van der Waals surface area contributed by atoms with Crippen LogP contribution in [0.4, 0.5) is 5.82 Å². The zero-order valence-corrected chi connectivity index (χ0v) is 10.7. The first kappa shape index (κ1) is 13.8. The van der Waals surface area contributed by atoms with Crippen molar-refractivity contribution in [2.45, 2.75) is 26.4 Å². The maximum absolute atomic E-state index is 5.24. The maximum Gasteiger partial charge on any atom is 0.158 e. The number of aromatic nitrogens is 2. The molecule has 3 N–H and O–H groups in total. The van der Waals surface area contributed by atoms with Gasteiger partial charge in [-0.3, -0.25) is 9.88 Å². The number of methoxy groups -OCH3 is 1. The second-order valence-corrected chi connectivity index (χ2v) is 4.09. The van der Waals surface area contributed by atoms with Gasteiger partial charge in [-0.25, -0.2) is 10.8 Å². The fourth-order valence-electron chi connectivity index (χ4n) is 1.45. The highest BCUT2D eigenvalue weighted by atomic mass is 16.5. The molecule has 0 aromatic carbocycles. The second kappa shape index (κ2) is 7.16. The van der Waals surface area contributed by atoms with Crippen molar-refractivity contribution in [1.29, 1.82) is 0 Å². The van der Waals surface area contributed by atoms with Crippen molar-refractivity contribution in [3.05, 3.63) is 18.1 Å². The number of hydrogen-bond donors (Lipinski definition) is 2. The van der Waals surface area contributed by atoms with E-state index in [2.05, 4.69) is 34.1 Å². The van der Waals surface area contributed by atoms with Gasteiger partial charge < -0.3 is 10.2 Å². The van der Waals surface area contributed by atoms with Crippen LogP contribution in [0.1, 0.15) is 19.5 Å². The first-order valence-corrected chi connectivity index (χ1v) is 5.68. The smallest absolute Gasteiger partial charge is 0.158 e. The van der Waals surface area contributed by atoms with Gasteiger partial charge in [0, 0.05) is 26.2 Å². The third-order valence-electron chi connectivity index (χ3n) is 2.53. The number of hydrazine groups is 1. The van der Waals surface area contributed by atoms with Crippen molar-refractivity contribution < 1.29 is 4.74 Å². The summed E-state index contributed by atoms with van der Waals surface area (Å²) in [5, 5.41) is 0. The number of ether oxygens (including phenoxy) is 1. The topological polar surface area (TPSA) is 76.3 Å². The third kappa shape index (κ3) is 4.64. The summed E-state index contributed by atoms with van der Waals surface area (Å²) in [5.74, 6) is 5.81. The molecule has 0 atom stereocenters. The van der Waals surface area contributed by atoms with E-state index in [1.807, 2.05) is 0 Å². The van der Waals surface area contributed by atoms with Gasteiger partial charge in [-0.2, -0.15) is 0 Å². The Morgan fingerprint density at radius 3 is 2.65 bits per heavy atom. The molecule has 0 fully saturated rings. The first-order valence-electron chi connectivity index (χ1n) is 5.68. The van der Waals surface area contributed by atoms with E-state index in [0.29, 0.717) is 18.5 Å². The van der Waals surface area contributed by atoms with Crippen LogP contribution in [-0.4, -0.2) is 41.2 Å². The average Bonchev–Trinajstić information content (AvgIpc) is 2.35. The third-order valence-corrected chi connectivity index (χ3v) is 2.53. The molecule has 6 nitrogen and oxygen atoms in total. The number of nitrogen functional groups attached to an aromatic ring is 1. The minimum Gasteiger partial charge on any atom is -0.383 e. The SMILES string of the molecule is COCCN(Cc1cnc(NN)cn1)C(C)C. The van der Waals surface area contributed by atoms with Gasteiger partial charge in [0.05, 0.1) is 24.7 Å². The summed E-state index contributed by atoms with van der Waals surface area (Å²) < 4.78 is 5.09. The van der Waals surface area contributed by atoms with Crippen LogP contribution in [-0.2, 0) is 11.3 Å². The number of nitrogens with two attached hydrogens (primary N) is 1. The standard InChI is InChI=1S/C11H21N5O/c1-9(2)16(4-5-17-3)8-10-6-14-11(15-12)7-13-10/h6-7,9H,4-5,8,12H2,1-3H3,(H,14,15). The largest absolute Gasteiger partial charge is 0.383 e. The van der Waals surface area contributed by atoms with Crippen LogP contribution < -0.4 is 11.3 Å². The summed E-state index contributed by atoms with van der Waals surface area (Å²) in [7, 11) is 1.71. The van der Waals surface area contributed by atoms with Crippen LogP contribution in [0.25, 0.3) is 0 Å². The van der Waals surface area contributed by atoms with Gasteiger partial charge in [-0.15, -0.1) is 0 Å². The molecule has 0 amide bonds. The highest BCUT2D eigenvalue weighted by molar-refractivity contribution is 5.28. The van der Waals surface area contributed by atoms with E-state index in [1.165, 1.54) is 0 Å². The Morgan fingerprint density at radius 2 is 2.18 bits per heavy atom. The highest BCUT2D eigenvalue weighted by Gasteiger charge is 2.10. The van der Waals surface area contributed by atoms with E-state index in [4.69, 9.17) is 10.6 Å². The second-order valence-electron chi connectivity index (χ2n) is 4.09. The van der Waals surface area contributed by atoms with Crippen LogP contribution in [0, 0.1) is 0 Å². The fraction of sp³-hybridized carbons (Fsp3) is 0.636. The van der Waals surface area contributed by atoms with Crippen LogP contribution in [0.2, 0.25) is 0 Å². The van der Waals surface area contributed by atoms with Crippen LogP contribution in [0.5, 0.6) is 0 Å². The molecule has 6 heteroatoms. The van der Waals surface area contributed by atoms with Crippen molar-refractivity contribution in [2.75, 3.05) is 25.7 Å². The average molecular weight is 239 g/mol. The van der Waals surface area contributed by atoms with Gasteiger partial charge in [0.15, 0.2) is 5.82 Å². The zero-order valence-electron chi connectivity index (χ0n) is 10.7. The molecule has 0 aliphatic rings. The van der Waals surface area contributed by atoms with Crippen molar-refractivity contribution >= 4 is 5.82 Å². The maximum atomic E-state index is 5.24. The van der Waals surface area contributed by atoms with Crippen molar-refractivity contribution in [1.82, 2.24) is 14.9 Å². The van der Waals surface area contributed by atoms with Gasteiger partial charge in [0.2, 0.25) is 0 Å². The predicted octanol–water partition coefficient (Wildman–Crippen LogP) is 0.619. The molecular weight excluding hydrogens is 218 g/mol. The van der Waals surface area contributed by atoms with E-state index < -0.39 is 0 Å². The monoisotopic (exact) mass is 239 g/mol. The summed E-state index contributed by atoms with van der Waals surface area (Å²) in [4.78, 5) is 10.7. The molecule has 0 saturated heterocycles. The Morgan fingerprint density at radius 1 is 1.41 bits per heavy atom. The fourth-order valence-corrected chi connectivity index (χ4v) is 1.45. The quantitative estimate of drug-likeness (QED) is 0.536. The van der Waals surface area contributed by atoms with Crippen LogP contribution in [0.3, 0.4) is 0 Å². The summed E-state index contributed by atoms with van der Waals surface area (Å²) >= 11 is 0. The molecule has 17 heavy (non-hydrogen) atoms. The van der Waals surface area contributed by atoms with Gasteiger partial charge in [0.25, 0.3) is 0 Å². The summed E-state index contributed by atoms with van der Waals surface area (Å²) in [6.07, 6.45) is 3.36. The van der Waals surface area contributed by atoms with Crippen molar-refractivity contribution in [3.8, 4) is 0 Å². The Bertz CT molecular complexity index is 314. The number of nitrogens with one attached hydrogen (secondary N) is 1. The first-order chi connectivity index (χ1) is 8.17. The minimum absolute atomic E-state index is 0.444. The van der Waals surface area contributed by atoms with E-state index in [0.717, 1.165) is 18.8 Å². The van der Waals surface area contributed by atoms with Crippen LogP contribution >= 0.6 is 0 Å². The molecule has 1 rings (SSSR count). The molecule has 0 bridgehead atoms. The van der Waals surface area contributed by atoms with Gasteiger partial charge in [-0.1, -0.05) is 0 Å². The Hall–Kier alpha value is -1.24. The summed E-state index contributed by atoms with van der Waals surface area (Å²) in [6.45, 7) is 6.66. The molecule has 1 aromatic rings. The lowest BCUT2D eigenvalue weighted by Gasteiger charge is -2.25. The van der Waals surface area contributed by atoms with Crippen molar-refractivity contribution in [2.24, 2.45) is 5.84 Å². The summed E-state index contributed by atoms with van der Waals surface area (Å²) in [5.41, 5.74) is 3.38. The molecule has 0 radical (unpaired) electrons. The molecule has 1 heterocycles. The predicted molar refractivity (Wildman–Crippen MR) is 67.3 cm³/mol.